The first-order chi connectivity index (χ1) is 11.7. The first kappa shape index (κ1) is 14.5. The van der Waals surface area contributed by atoms with Gasteiger partial charge < -0.3 is 4.57 Å². The largest absolute Gasteiger partial charge is 0.306 e. The van der Waals surface area contributed by atoms with E-state index in [-0.39, 0.29) is 11.6 Å². The van der Waals surface area contributed by atoms with Crippen molar-refractivity contribution in [2.45, 2.75) is 26.3 Å². The Morgan fingerprint density at radius 1 is 1.12 bits per heavy atom. The van der Waals surface area contributed by atoms with E-state index < -0.39 is 0 Å². The third-order valence-corrected chi connectivity index (χ3v) is 4.19. The van der Waals surface area contributed by atoms with Gasteiger partial charge in [0, 0.05) is 12.6 Å². The SMILES string of the molecule is CCc1nc2nnc3c(=O)n(C(C)c4ccccc4)ccc3n2n1. The fourth-order valence-corrected chi connectivity index (χ4v) is 2.81. The molecule has 1 aromatic carbocycles. The van der Waals surface area contributed by atoms with E-state index in [4.69, 9.17) is 0 Å². The van der Waals surface area contributed by atoms with Crippen LogP contribution in [0.1, 0.15) is 31.3 Å². The Balaban J connectivity index is 1.92. The van der Waals surface area contributed by atoms with E-state index in [2.05, 4.69) is 20.3 Å². The topological polar surface area (TPSA) is 78.0 Å². The van der Waals surface area contributed by atoms with Crippen LogP contribution in [0.4, 0.5) is 0 Å². The van der Waals surface area contributed by atoms with Crippen LogP contribution in [0.2, 0.25) is 0 Å². The van der Waals surface area contributed by atoms with E-state index in [0.29, 0.717) is 29.1 Å². The molecule has 0 radical (unpaired) electrons. The summed E-state index contributed by atoms with van der Waals surface area (Å²) in [6.45, 7) is 3.96. The highest BCUT2D eigenvalue weighted by molar-refractivity contribution is 5.74. The number of aryl methyl sites for hydroxylation is 1. The molecule has 1 unspecified atom stereocenters. The Kier molecular flexibility index (Phi) is 3.34. The number of fused-ring (bicyclic) bond motifs is 3. The van der Waals surface area contributed by atoms with E-state index >= 15 is 0 Å². The van der Waals surface area contributed by atoms with Gasteiger partial charge in [-0.2, -0.15) is 9.50 Å². The molecule has 3 aromatic heterocycles. The van der Waals surface area contributed by atoms with Gasteiger partial charge in [0.2, 0.25) is 0 Å². The average molecular weight is 320 g/mol. The van der Waals surface area contributed by atoms with Crippen LogP contribution in [0, 0.1) is 0 Å². The van der Waals surface area contributed by atoms with Crippen molar-refractivity contribution in [2.24, 2.45) is 0 Å². The molecule has 0 spiro atoms. The maximum Gasteiger partial charge on any atom is 0.281 e. The van der Waals surface area contributed by atoms with Crippen LogP contribution >= 0.6 is 0 Å². The van der Waals surface area contributed by atoms with Crippen molar-refractivity contribution >= 4 is 16.8 Å². The summed E-state index contributed by atoms with van der Waals surface area (Å²) >= 11 is 0. The van der Waals surface area contributed by atoms with E-state index in [9.17, 15) is 4.79 Å². The van der Waals surface area contributed by atoms with Crippen LogP contribution in [0.5, 0.6) is 0 Å². The summed E-state index contributed by atoms with van der Waals surface area (Å²) in [6, 6.07) is 11.6. The molecule has 7 heteroatoms. The lowest BCUT2D eigenvalue weighted by atomic mass is 10.1. The highest BCUT2D eigenvalue weighted by atomic mass is 16.1. The van der Waals surface area contributed by atoms with E-state index in [1.54, 1.807) is 15.3 Å². The Morgan fingerprint density at radius 3 is 2.67 bits per heavy atom. The van der Waals surface area contributed by atoms with Crippen molar-refractivity contribution in [3.05, 3.63) is 64.3 Å². The molecule has 7 nitrogen and oxygen atoms in total. The molecule has 0 bridgehead atoms. The molecule has 0 aliphatic carbocycles. The van der Waals surface area contributed by atoms with Crippen molar-refractivity contribution in [3.63, 3.8) is 0 Å². The number of rotatable bonds is 3. The predicted octanol–water partition coefficient (Wildman–Crippen LogP) is 2.01. The molecular weight excluding hydrogens is 304 g/mol. The molecule has 0 aliphatic heterocycles. The predicted molar refractivity (Wildman–Crippen MR) is 90.0 cm³/mol. The molecule has 24 heavy (non-hydrogen) atoms. The summed E-state index contributed by atoms with van der Waals surface area (Å²) in [6.07, 6.45) is 2.48. The second kappa shape index (κ2) is 5.52. The zero-order chi connectivity index (χ0) is 16.7. The number of nitrogens with zero attached hydrogens (tertiary/aromatic N) is 6. The molecule has 4 rings (SSSR count). The van der Waals surface area contributed by atoms with Crippen LogP contribution in [-0.4, -0.2) is 29.4 Å². The lowest BCUT2D eigenvalue weighted by molar-refractivity contribution is 0.617. The van der Waals surface area contributed by atoms with Crippen LogP contribution in [0.15, 0.2) is 47.4 Å². The minimum atomic E-state index is -0.188. The number of benzene rings is 1. The number of aromatic nitrogens is 6. The average Bonchev–Trinajstić information content (AvgIpc) is 3.06. The maximum absolute atomic E-state index is 12.9. The van der Waals surface area contributed by atoms with E-state index in [1.807, 2.05) is 50.2 Å². The monoisotopic (exact) mass is 320 g/mol. The summed E-state index contributed by atoms with van der Waals surface area (Å²) in [4.78, 5) is 17.1. The highest BCUT2D eigenvalue weighted by Gasteiger charge is 2.15. The standard InChI is InChI=1S/C17H16N6O/c1-3-14-18-17-20-19-15-13(23(17)21-14)9-10-22(16(15)24)11(2)12-7-5-4-6-8-12/h4-11H,3H2,1-2H3. The molecule has 1 atom stereocenters. The van der Waals surface area contributed by atoms with Gasteiger partial charge >= 0.3 is 0 Å². The van der Waals surface area contributed by atoms with Crippen molar-refractivity contribution < 1.29 is 0 Å². The van der Waals surface area contributed by atoms with Crippen LogP contribution in [0.25, 0.3) is 16.8 Å². The normalized spacial score (nSPS) is 12.8. The minimum Gasteiger partial charge on any atom is -0.306 e. The quantitative estimate of drug-likeness (QED) is 0.577. The van der Waals surface area contributed by atoms with Gasteiger partial charge in [0.15, 0.2) is 11.3 Å². The Hall–Kier alpha value is -3.09. The summed E-state index contributed by atoms with van der Waals surface area (Å²) in [5.74, 6) is 1.09. The van der Waals surface area contributed by atoms with Crippen LogP contribution in [0.3, 0.4) is 0 Å². The molecule has 0 amide bonds. The van der Waals surface area contributed by atoms with Crippen LogP contribution in [-0.2, 0) is 6.42 Å². The lowest BCUT2D eigenvalue weighted by Gasteiger charge is -2.15. The molecular formula is C17H16N6O. The van der Waals surface area contributed by atoms with Gasteiger partial charge in [-0.3, -0.25) is 4.79 Å². The zero-order valence-electron chi connectivity index (χ0n) is 13.4. The molecule has 4 aromatic rings. The van der Waals surface area contributed by atoms with Gasteiger partial charge in [-0.25, -0.2) is 0 Å². The fraction of sp³-hybridized carbons (Fsp3) is 0.235. The first-order valence-corrected chi connectivity index (χ1v) is 7.87. The van der Waals surface area contributed by atoms with Gasteiger partial charge in [-0.05, 0) is 18.6 Å². The van der Waals surface area contributed by atoms with Gasteiger partial charge in [0.1, 0.15) is 5.52 Å². The van der Waals surface area contributed by atoms with Crippen LogP contribution < -0.4 is 5.56 Å². The van der Waals surface area contributed by atoms with Gasteiger partial charge in [0.25, 0.3) is 11.3 Å². The molecule has 3 heterocycles. The number of pyridine rings is 1. The molecule has 0 aliphatic rings. The summed E-state index contributed by atoms with van der Waals surface area (Å²) in [5, 5.41) is 12.5. The fourth-order valence-electron chi connectivity index (χ4n) is 2.81. The van der Waals surface area contributed by atoms with Crippen molar-refractivity contribution in [2.75, 3.05) is 0 Å². The highest BCUT2D eigenvalue weighted by Crippen LogP contribution is 2.17. The molecule has 120 valence electrons. The smallest absolute Gasteiger partial charge is 0.281 e. The summed E-state index contributed by atoms with van der Waals surface area (Å²) < 4.78 is 3.25. The minimum absolute atomic E-state index is 0.0949. The second-order valence-electron chi connectivity index (χ2n) is 5.64. The Bertz CT molecular complexity index is 1080. The number of hydrogen-bond donors (Lipinski definition) is 0. The third kappa shape index (κ3) is 2.17. The van der Waals surface area contributed by atoms with E-state index in [0.717, 1.165) is 5.56 Å². The number of hydrogen-bond acceptors (Lipinski definition) is 5. The molecule has 0 N–H and O–H groups in total. The van der Waals surface area contributed by atoms with Gasteiger partial charge in [0.05, 0.1) is 6.04 Å². The molecule has 0 fully saturated rings. The van der Waals surface area contributed by atoms with Crippen molar-refractivity contribution in [3.8, 4) is 0 Å². The summed E-state index contributed by atoms with van der Waals surface area (Å²) in [5.41, 5.74) is 1.78. The second-order valence-corrected chi connectivity index (χ2v) is 5.64. The maximum atomic E-state index is 12.9. The lowest BCUT2D eigenvalue weighted by Crippen LogP contribution is -2.25. The van der Waals surface area contributed by atoms with E-state index in [1.165, 1.54) is 0 Å². The third-order valence-electron chi connectivity index (χ3n) is 4.19. The zero-order valence-corrected chi connectivity index (χ0v) is 13.4. The molecule has 0 saturated heterocycles. The molecule has 0 saturated carbocycles. The first-order valence-electron chi connectivity index (χ1n) is 7.87. The summed E-state index contributed by atoms with van der Waals surface area (Å²) in [7, 11) is 0. The Morgan fingerprint density at radius 2 is 1.92 bits per heavy atom. The van der Waals surface area contributed by atoms with Crippen molar-refractivity contribution in [1.82, 2.24) is 29.4 Å². The Labute approximate surface area is 137 Å². The van der Waals surface area contributed by atoms with Crippen molar-refractivity contribution in [1.29, 1.82) is 0 Å². The van der Waals surface area contributed by atoms with Gasteiger partial charge in [-0.15, -0.1) is 15.3 Å². The van der Waals surface area contributed by atoms with Gasteiger partial charge in [-0.1, -0.05) is 37.3 Å².